The Morgan fingerprint density at radius 3 is 1.84 bits per heavy atom. The van der Waals surface area contributed by atoms with Crippen molar-refractivity contribution in [3.05, 3.63) is 124 Å². The molecule has 0 saturated heterocycles. The van der Waals surface area contributed by atoms with Gasteiger partial charge in [0.15, 0.2) is 5.29 Å². The van der Waals surface area contributed by atoms with Crippen molar-refractivity contribution in [1.82, 2.24) is 5.32 Å². The molecule has 1 heterocycles. The van der Waals surface area contributed by atoms with Gasteiger partial charge in [0, 0.05) is 16.5 Å². The molecule has 3 aliphatic rings. The number of nitrogens with zero attached hydrogens (tertiary/aromatic N) is 1. The summed E-state index contributed by atoms with van der Waals surface area (Å²) in [6, 6.07) is 30.9. The summed E-state index contributed by atoms with van der Waals surface area (Å²) >= 11 is 6.60. The van der Waals surface area contributed by atoms with E-state index < -0.39 is 0 Å². The minimum Gasteiger partial charge on any atom is -0.330 e. The molecule has 1 atom stereocenters. The van der Waals surface area contributed by atoms with Crippen LogP contribution in [0, 0.1) is 0 Å². The van der Waals surface area contributed by atoms with Gasteiger partial charge in [-0.2, -0.15) is 0 Å². The van der Waals surface area contributed by atoms with Gasteiger partial charge in [0.1, 0.15) is 0 Å². The molecule has 182 valence electrons. The number of halogens is 1. The van der Waals surface area contributed by atoms with Crippen LogP contribution in [0.25, 0.3) is 28.0 Å². The van der Waals surface area contributed by atoms with Crippen molar-refractivity contribution in [2.75, 3.05) is 0 Å². The van der Waals surface area contributed by atoms with Gasteiger partial charge in [0.25, 0.3) is 0 Å². The lowest BCUT2D eigenvalue weighted by Gasteiger charge is -2.25. The molecule has 0 aromatic heterocycles. The van der Waals surface area contributed by atoms with Crippen molar-refractivity contribution in [2.24, 2.45) is 4.99 Å². The fourth-order valence-corrected chi connectivity index (χ4v) is 6.83. The summed E-state index contributed by atoms with van der Waals surface area (Å²) in [5, 5.41) is 3.76. The smallest absolute Gasteiger partial charge is 0.196 e. The van der Waals surface area contributed by atoms with Crippen LogP contribution in [-0.4, -0.2) is 5.29 Å². The first-order valence-electron chi connectivity index (χ1n) is 13.0. The van der Waals surface area contributed by atoms with Crippen molar-refractivity contribution < 1.29 is 0 Å². The van der Waals surface area contributed by atoms with Gasteiger partial charge in [-0.25, -0.2) is 4.99 Å². The van der Waals surface area contributed by atoms with E-state index in [2.05, 4.69) is 124 Å². The van der Waals surface area contributed by atoms with Crippen LogP contribution in [0.5, 0.6) is 0 Å². The van der Waals surface area contributed by atoms with Crippen LogP contribution in [0.2, 0.25) is 0 Å². The monoisotopic (exact) mass is 500 g/mol. The summed E-state index contributed by atoms with van der Waals surface area (Å²) in [7, 11) is 0. The van der Waals surface area contributed by atoms with Crippen LogP contribution in [0.4, 0.5) is 0 Å². The number of aliphatic imine (C=N–C) groups is 1. The van der Waals surface area contributed by atoms with E-state index in [9.17, 15) is 0 Å². The third-order valence-corrected chi connectivity index (χ3v) is 8.85. The van der Waals surface area contributed by atoms with Crippen LogP contribution in [0.15, 0.2) is 96.0 Å². The molecule has 7 rings (SSSR count). The predicted octanol–water partition coefficient (Wildman–Crippen LogP) is 8.58. The molecule has 1 aliphatic heterocycles. The summed E-state index contributed by atoms with van der Waals surface area (Å²) in [5.74, 6) is 0. The van der Waals surface area contributed by atoms with E-state index in [1.165, 1.54) is 44.5 Å². The third-order valence-electron chi connectivity index (χ3n) is 8.66. The lowest BCUT2D eigenvalue weighted by Crippen LogP contribution is -2.23. The zero-order chi connectivity index (χ0) is 25.5. The number of benzene rings is 4. The van der Waals surface area contributed by atoms with E-state index in [4.69, 9.17) is 16.6 Å². The standard InChI is InChI=1S/C34H29ClN2/c1-33(2)26-11-7-5-9-22(26)24-15-13-20(17-28(24)33)30-19-31(37-32(35)36-30)21-14-16-25-23-10-6-8-12-27(23)34(3,4)29(25)18-21/h5-19,30H,1-4H3,(H,36,37). The predicted molar refractivity (Wildman–Crippen MR) is 155 cm³/mol. The second-order valence-electron chi connectivity index (χ2n) is 11.5. The number of fused-ring (bicyclic) bond motifs is 6. The zero-order valence-electron chi connectivity index (χ0n) is 21.6. The third kappa shape index (κ3) is 3.22. The SMILES string of the molecule is CC1(C)c2ccccc2-c2ccc(C3=CC(c4ccc5c(c4)C(C)(C)c4ccccc4-5)N=C(Cl)N3)cc21. The Morgan fingerprint density at radius 1 is 0.649 bits per heavy atom. The average Bonchev–Trinajstić information content (AvgIpc) is 3.28. The normalized spacial score (nSPS) is 19.6. The van der Waals surface area contributed by atoms with Crippen LogP contribution < -0.4 is 5.32 Å². The van der Waals surface area contributed by atoms with Crippen molar-refractivity contribution in [3.63, 3.8) is 0 Å². The molecule has 0 fully saturated rings. The lowest BCUT2D eigenvalue weighted by atomic mass is 9.81. The van der Waals surface area contributed by atoms with E-state index in [-0.39, 0.29) is 16.9 Å². The van der Waals surface area contributed by atoms with E-state index in [1.807, 2.05) is 0 Å². The minimum absolute atomic E-state index is 0.0462. The summed E-state index contributed by atoms with van der Waals surface area (Å²) in [6.07, 6.45) is 2.21. The van der Waals surface area contributed by atoms with Crippen molar-refractivity contribution in [2.45, 2.75) is 44.6 Å². The van der Waals surface area contributed by atoms with Crippen LogP contribution in [0.3, 0.4) is 0 Å². The molecule has 0 saturated carbocycles. The first-order valence-corrected chi connectivity index (χ1v) is 13.3. The Hall–Kier alpha value is -3.62. The highest BCUT2D eigenvalue weighted by Crippen LogP contribution is 2.50. The molecule has 2 aliphatic carbocycles. The fraction of sp³-hybridized carbons (Fsp3) is 0.206. The summed E-state index contributed by atoms with van der Waals surface area (Å²) < 4.78 is 0. The maximum atomic E-state index is 6.60. The van der Waals surface area contributed by atoms with E-state index >= 15 is 0 Å². The van der Waals surface area contributed by atoms with Gasteiger partial charge < -0.3 is 5.32 Å². The average molecular weight is 501 g/mol. The Labute approximate surface area is 223 Å². The highest BCUT2D eigenvalue weighted by Gasteiger charge is 2.37. The second-order valence-corrected chi connectivity index (χ2v) is 11.8. The molecule has 3 heteroatoms. The number of hydrogen-bond donors (Lipinski definition) is 1. The van der Waals surface area contributed by atoms with Crippen LogP contribution >= 0.6 is 11.6 Å². The molecule has 1 unspecified atom stereocenters. The minimum atomic E-state index is -0.146. The van der Waals surface area contributed by atoms with Gasteiger partial charge in [0.05, 0.1) is 6.04 Å². The van der Waals surface area contributed by atoms with Gasteiger partial charge in [-0.05, 0) is 79.4 Å². The molecule has 0 amide bonds. The molecule has 0 bridgehead atoms. The maximum Gasteiger partial charge on any atom is 0.196 e. The quantitative estimate of drug-likeness (QED) is 0.274. The molecule has 2 nitrogen and oxygen atoms in total. The summed E-state index contributed by atoms with van der Waals surface area (Å²) in [5.41, 5.74) is 14.0. The number of rotatable bonds is 2. The van der Waals surface area contributed by atoms with E-state index in [1.54, 1.807) is 0 Å². The first kappa shape index (κ1) is 22.6. The first-order chi connectivity index (χ1) is 17.7. The number of amidine groups is 1. The Balaban J connectivity index is 1.29. The van der Waals surface area contributed by atoms with E-state index in [0.717, 1.165) is 16.8 Å². The zero-order valence-corrected chi connectivity index (χ0v) is 22.3. The van der Waals surface area contributed by atoms with Gasteiger partial charge in [-0.3, -0.25) is 0 Å². The van der Waals surface area contributed by atoms with Gasteiger partial charge >= 0.3 is 0 Å². The molecular weight excluding hydrogens is 472 g/mol. The molecule has 1 N–H and O–H groups in total. The fourth-order valence-electron chi connectivity index (χ4n) is 6.62. The van der Waals surface area contributed by atoms with Gasteiger partial charge in [-0.1, -0.05) is 107 Å². The van der Waals surface area contributed by atoms with Crippen LogP contribution in [-0.2, 0) is 10.8 Å². The molecule has 0 radical (unpaired) electrons. The van der Waals surface area contributed by atoms with Crippen molar-refractivity contribution in [1.29, 1.82) is 0 Å². The lowest BCUT2D eigenvalue weighted by molar-refractivity contribution is 0.658. The van der Waals surface area contributed by atoms with Gasteiger partial charge in [-0.15, -0.1) is 0 Å². The molecular formula is C34H29ClN2. The van der Waals surface area contributed by atoms with Gasteiger partial charge in [0.2, 0.25) is 0 Å². The maximum absolute atomic E-state index is 6.60. The molecule has 4 aromatic carbocycles. The van der Waals surface area contributed by atoms with Crippen LogP contribution in [0.1, 0.15) is 67.1 Å². The topological polar surface area (TPSA) is 24.4 Å². The Bertz CT molecular complexity index is 1670. The molecule has 4 aromatic rings. The van der Waals surface area contributed by atoms with Crippen molar-refractivity contribution in [3.8, 4) is 22.3 Å². The summed E-state index contributed by atoms with van der Waals surface area (Å²) in [6.45, 7) is 9.24. The summed E-state index contributed by atoms with van der Waals surface area (Å²) in [4.78, 5) is 4.78. The Kier molecular flexibility index (Phi) is 4.69. The van der Waals surface area contributed by atoms with E-state index in [0.29, 0.717) is 5.29 Å². The highest BCUT2D eigenvalue weighted by molar-refractivity contribution is 6.65. The number of nitrogens with one attached hydrogen (secondary N) is 1. The van der Waals surface area contributed by atoms with Crippen molar-refractivity contribution >= 4 is 22.6 Å². The molecule has 0 spiro atoms. The highest BCUT2D eigenvalue weighted by atomic mass is 35.5. The molecule has 37 heavy (non-hydrogen) atoms. The number of hydrogen-bond acceptors (Lipinski definition) is 2. The Morgan fingerprint density at radius 2 is 1.19 bits per heavy atom. The second kappa shape index (κ2) is 7.69. The largest absolute Gasteiger partial charge is 0.330 e.